The molecule has 8 heteroatoms. The number of carbonyl (C=O) groups excluding carboxylic acids is 3. The minimum atomic E-state index is -0.838. The van der Waals surface area contributed by atoms with Crippen LogP contribution >= 0.6 is 27.5 Å². The van der Waals surface area contributed by atoms with Gasteiger partial charge in [-0.2, -0.15) is 0 Å². The number of ether oxygens (including phenoxy) is 1. The second-order valence-corrected chi connectivity index (χ2v) is 9.18. The second kappa shape index (κ2) is 9.83. The molecule has 1 aliphatic rings. The van der Waals surface area contributed by atoms with E-state index in [-0.39, 0.29) is 11.3 Å². The highest BCUT2D eigenvalue weighted by Crippen LogP contribution is 2.29. The van der Waals surface area contributed by atoms with Crippen molar-refractivity contribution < 1.29 is 19.1 Å². The zero-order chi connectivity index (χ0) is 24.4. The predicted molar refractivity (Wildman–Crippen MR) is 135 cm³/mol. The first-order valence-corrected chi connectivity index (χ1v) is 11.6. The van der Waals surface area contributed by atoms with E-state index in [1.807, 2.05) is 32.0 Å². The van der Waals surface area contributed by atoms with Crippen molar-refractivity contribution >= 4 is 57.1 Å². The highest BCUT2D eigenvalue weighted by Gasteiger charge is 2.37. The third kappa shape index (κ3) is 5.05. The van der Waals surface area contributed by atoms with Crippen LogP contribution in [0.1, 0.15) is 22.3 Å². The van der Waals surface area contributed by atoms with E-state index < -0.39 is 17.8 Å². The van der Waals surface area contributed by atoms with Gasteiger partial charge in [0.2, 0.25) is 0 Å². The minimum absolute atomic E-state index is 0.200. The van der Waals surface area contributed by atoms with Crippen molar-refractivity contribution in [1.82, 2.24) is 5.32 Å². The van der Waals surface area contributed by atoms with Gasteiger partial charge >= 0.3 is 6.03 Å². The molecule has 0 saturated carbocycles. The van der Waals surface area contributed by atoms with Crippen molar-refractivity contribution in [2.45, 2.75) is 20.5 Å². The van der Waals surface area contributed by atoms with Gasteiger partial charge in [-0.05, 0) is 73.0 Å². The summed E-state index contributed by atoms with van der Waals surface area (Å²) in [5.74, 6) is -1.05. The Morgan fingerprint density at radius 3 is 2.53 bits per heavy atom. The number of aryl methyl sites for hydroxylation is 2. The van der Waals surface area contributed by atoms with E-state index in [0.29, 0.717) is 22.9 Å². The smallest absolute Gasteiger partial charge is 0.335 e. The van der Waals surface area contributed by atoms with E-state index in [9.17, 15) is 14.4 Å². The van der Waals surface area contributed by atoms with Crippen LogP contribution in [-0.4, -0.2) is 17.8 Å². The normalized spacial score (nSPS) is 15.0. The molecule has 172 valence electrons. The van der Waals surface area contributed by atoms with Crippen molar-refractivity contribution in [3.8, 4) is 5.75 Å². The Labute approximate surface area is 210 Å². The van der Waals surface area contributed by atoms with Gasteiger partial charge in [-0.25, -0.2) is 9.69 Å². The number of hydrogen-bond acceptors (Lipinski definition) is 4. The van der Waals surface area contributed by atoms with Crippen molar-refractivity contribution in [3.63, 3.8) is 0 Å². The molecule has 0 bridgehead atoms. The number of carbonyl (C=O) groups is 3. The molecule has 4 amide bonds. The topological polar surface area (TPSA) is 75.7 Å². The Morgan fingerprint density at radius 1 is 1.00 bits per heavy atom. The van der Waals surface area contributed by atoms with Crippen molar-refractivity contribution in [2.24, 2.45) is 0 Å². The summed E-state index contributed by atoms with van der Waals surface area (Å²) in [7, 11) is 0. The maximum atomic E-state index is 13.2. The maximum Gasteiger partial charge on any atom is 0.335 e. The number of nitrogens with zero attached hydrogens (tertiary/aromatic N) is 1. The van der Waals surface area contributed by atoms with Gasteiger partial charge in [-0.3, -0.25) is 14.9 Å². The standard InChI is InChI=1S/C26H20BrClN2O4/c1-15-6-7-17(10-16(15)2)14-34-23-9-8-19(27)11-18(23)12-22-24(31)29-26(33)30(25(22)32)21-5-3-4-20(28)13-21/h3-13H,14H2,1-2H3,(H,29,31,33)/b22-12+. The monoisotopic (exact) mass is 538 g/mol. The summed E-state index contributed by atoms with van der Waals surface area (Å²) in [5, 5.41) is 2.57. The number of nitrogens with one attached hydrogen (secondary N) is 1. The summed E-state index contributed by atoms with van der Waals surface area (Å²) in [5.41, 5.74) is 3.92. The van der Waals surface area contributed by atoms with Gasteiger partial charge in [0.1, 0.15) is 17.9 Å². The van der Waals surface area contributed by atoms with Crippen LogP contribution in [0.5, 0.6) is 5.75 Å². The van der Waals surface area contributed by atoms with E-state index in [2.05, 4.69) is 27.3 Å². The van der Waals surface area contributed by atoms with Gasteiger partial charge in [-0.1, -0.05) is 51.8 Å². The van der Waals surface area contributed by atoms with Crippen LogP contribution in [0.4, 0.5) is 10.5 Å². The molecule has 3 aromatic carbocycles. The van der Waals surface area contributed by atoms with Crippen LogP contribution in [0.25, 0.3) is 6.08 Å². The molecule has 0 radical (unpaired) electrons. The summed E-state index contributed by atoms with van der Waals surface area (Å²) >= 11 is 9.44. The van der Waals surface area contributed by atoms with Crippen LogP contribution in [-0.2, 0) is 16.2 Å². The molecule has 6 nitrogen and oxygen atoms in total. The number of imide groups is 2. The minimum Gasteiger partial charge on any atom is -0.488 e. The lowest BCUT2D eigenvalue weighted by molar-refractivity contribution is -0.122. The van der Waals surface area contributed by atoms with E-state index in [1.165, 1.54) is 17.7 Å². The predicted octanol–water partition coefficient (Wildman–Crippen LogP) is 5.96. The fraction of sp³-hybridized carbons (Fsp3) is 0.115. The van der Waals surface area contributed by atoms with Crippen molar-refractivity contribution in [1.29, 1.82) is 0 Å². The van der Waals surface area contributed by atoms with E-state index in [1.54, 1.807) is 30.3 Å². The summed E-state index contributed by atoms with van der Waals surface area (Å²) in [4.78, 5) is 39.1. The third-order valence-corrected chi connectivity index (χ3v) is 6.13. The molecular formula is C26H20BrClN2O4. The molecule has 0 aromatic heterocycles. The van der Waals surface area contributed by atoms with E-state index in [4.69, 9.17) is 16.3 Å². The van der Waals surface area contributed by atoms with Gasteiger partial charge in [0.15, 0.2) is 0 Å². The number of amides is 4. The summed E-state index contributed by atoms with van der Waals surface area (Å²) in [6, 6.07) is 16.8. The molecule has 1 fully saturated rings. The molecule has 1 aliphatic heterocycles. The van der Waals surface area contributed by atoms with Crippen molar-refractivity contribution in [3.05, 3.63) is 98.0 Å². The molecule has 4 rings (SSSR count). The van der Waals surface area contributed by atoms with Crippen LogP contribution in [0, 0.1) is 13.8 Å². The van der Waals surface area contributed by atoms with E-state index >= 15 is 0 Å². The maximum absolute atomic E-state index is 13.2. The average molecular weight is 540 g/mol. The van der Waals surface area contributed by atoms with Gasteiger partial charge in [-0.15, -0.1) is 0 Å². The first-order valence-electron chi connectivity index (χ1n) is 10.4. The Balaban J connectivity index is 1.67. The molecule has 0 unspecified atom stereocenters. The fourth-order valence-corrected chi connectivity index (χ4v) is 4.04. The Hall–Kier alpha value is -3.42. The molecular weight excluding hydrogens is 520 g/mol. The molecule has 0 spiro atoms. The van der Waals surface area contributed by atoms with Gasteiger partial charge < -0.3 is 4.74 Å². The average Bonchev–Trinajstić information content (AvgIpc) is 2.78. The summed E-state index contributed by atoms with van der Waals surface area (Å²) in [6.45, 7) is 4.39. The first kappa shape index (κ1) is 23.7. The van der Waals surface area contributed by atoms with Gasteiger partial charge in [0, 0.05) is 15.1 Å². The summed E-state index contributed by atoms with van der Waals surface area (Å²) < 4.78 is 6.77. The van der Waals surface area contributed by atoms with Gasteiger partial charge in [0.05, 0.1) is 5.69 Å². The molecule has 3 aromatic rings. The number of rotatable bonds is 5. The Morgan fingerprint density at radius 2 is 1.79 bits per heavy atom. The molecule has 1 N–H and O–H groups in total. The third-order valence-electron chi connectivity index (χ3n) is 5.41. The number of barbiturate groups is 1. The largest absolute Gasteiger partial charge is 0.488 e. The Kier molecular flexibility index (Phi) is 6.86. The molecule has 1 heterocycles. The number of benzene rings is 3. The fourth-order valence-electron chi connectivity index (χ4n) is 3.48. The first-order chi connectivity index (χ1) is 16.2. The molecule has 1 saturated heterocycles. The van der Waals surface area contributed by atoms with Crippen molar-refractivity contribution in [2.75, 3.05) is 4.90 Å². The number of urea groups is 1. The zero-order valence-electron chi connectivity index (χ0n) is 18.4. The molecule has 0 aliphatic carbocycles. The second-order valence-electron chi connectivity index (χ2n) is 7.83. The van der Waals surface area contributed by atoms with Crippen LogP contribution in [0.3, 0.4) is 0 Å². The quantitative estimate of drug-likeness (QED) is 0.320. The molecule has 0 atom stereocenters. The highest BCUT2D eigenvalue weighted by atomic mass is 79.9. The highest BCUT2D eigenvalue weighted by molar-refractivity contribution is 9.10. The molecule has 34 heavy (non-hydrogen) atoms. The lowest BCUT2D eigenvalue weighted by Gasteiger charge is -2.26. The number of hydrogen-bond donors (Lipinski definition) is 1. The lowest BCUT2D eigenvalue weighted by atomic mass is 10.1. The number of halogens is 2. The van der Waals surface area contributed by atoms with E-state index in [0.717, 1.165) is 20.5 Å². The van der Waals surface area contributed by atoms with Crippen LogP contribution in [0.2, 0.25) is 5.02 Å². The van der Waals surface area contributed by atoms with Crippen LogP contribution in [0.15, 0.2) is 70.7 Å². The SMILES string of the molecule is Cc1ccc(COc2ccc(Br)cc2/C=C2\C(=O)NC(=O)N(c3cccc(Cl)c3)C2=O)cc1C. The zero-order valence-corrected chi connectivity index (χ0v) is 20.7. The lowest BCUT2D eigenvalue weighted by Crippen LogP contribution is -2.54. The van der Waals surface area contributed by atoms with Crippen LogP contribution < -0.4 is 15.0 Å². The Bertz CT molecular complexity index is 1350. The number of anilines is 1. The van der Waals surface area contributed by atoms with Gasteiger partial charge in [0.25, 0.3) is 11.8 Å². The summed E-state index contributed by atoms with van der Waals surface area (Å²) in [6.07, 6.45) is 1.42.